The number of nitrogens with one attached hydrogen (secondary N) is 1. The lowest BCUT2D eigenvalue weighted by Crippen LogP contribution is -2.54. The first-order valence-corrected chi connectivity index (χ1v) is 9.77. The lowest BCUT2D eigenvalue weighted by Gasteiger charge is -2.44. The molecule has 0 radical (unpaired) electrons. The van der Waals surface area contributed by atoms with Gasteiger partial charge in [0.25, 0.3) is 0 Å². The summed E-state index contributed by atoms with van der Waals surface area (Å²) in [5, 5.41) is 3.59. The molecule has 0 aromatic heterocycles. The summed E-state index contributed by atoms with van der Waals surface area (Å²) in [7, 11) is 2.60. The van der Waals surface area contributed by atoms with E-state index < -0.39 is 23.6 Å². The van der Waals surface area contributed by atoms with E-state index in [1.165, 1.54) is 14.2 Å². The van der Waals surface area contributed by atoms with Crippen molar-refractivity contribution in [3.8, 4) is 0 Å². The molecule has 1 saturated heterocycles. The number of carbonyl (C=O) groups excluding carboxylic acids is 2. The van der Waals surface area contributed by atoms with Crippen LogP contribution in [0.2, 0.25) is 0 Å². The molecular weight excluding hydrogens is 374 g/mol. The van der Waals surface area contributed by atoms with Gasteiger partial charge in [-0.3, -0.25) is 0 Å². The Hall–Kier alpha value is -2.64. The van der Waals surface area contributed by atoms with Crippen LogP contribution in [0.15, 0.2) is 41.5 Å². The van der Waals surface area contributed by atoms with Crippen LogP contribution in [0.4, 0.5) is 5.69 Å². The van der Waals surface area contributed by atoms with Gasteiger partial charge in [-0.05, 0) is 25.5 Å². The fourth-order valence-electron chi connectivity index (χ4n) is 5.22. The number of benzene rings is 1. The van der Waals surface area contributed by atoms with E-state index in [9.17, 15) is 9.59 Å². The van der Waals surface area contributed by atoms with Crippen molar-refractivity contribution in [3.05, 3.63) is 52.6 Å². The average molecular weight is 397 g/mol. The molecule has 7 heteroatoms. The summed E-state index contributed by atoms with van der Waals surface area (Å²) in [6.45, 7) is 2.69. The molecule has 0 amide bonds. The molecule has 5 atom stereocenters. The highest BCUT2D eigenvalue weighted by Crippen LogP contribution is 2.54. The predicted octanol–water partition coefficient (Wildman–Crippen LogP) is 2.22. The van der Waals surface area contributed by atoms with Gasteiger partial charge in [0.2, 0.25) is 0 Å². The molecule has 4 aliphatic heterocycles. The second-order valence-electron chi connectivity index (χ2n) is 7.92. The normalized spacial score (nSPS) is 33.9. The summed E-state index contributed by atoms with van der Waals surface area (Å²) in [6.07, 6.45) is 3.79. The molecule has 2 bridgehead atoms. The third-order valence-corrected chi connectivity index (χ3v) is 6.43. The zero-order valence-corrected chi connectivity index (χ0v) is 16.6. The van der Waals surface area contributed by atoms with Crippen LogP contribution in [0, 0.1) is 12.8 Å². The highest BCUT2D eigenvalue weighted by Gasteiger charge is 2.62. The lowest BCUT2D eigenvalue weighted by atomic mass is 9.71. The summed E-state index contributed by atoms with van der Waals surface area (Å²) in [5.74, 6) is -1.08. The number of esters is 2. The Bertz CT molecular complexity index is 966. The molecule has 1 fully saturated rings. The van der Waals surface area contributed by atoms with Gasteiger partial charge in [-0.2, -0.15) is 0 Å². The standard InChI is InChI=1S/C22H23NO6/c1-11-4-5-14-13(10-11)18-12(7-9-28-18)19(23-14)22-8-6-15(29-22)16(20(24)26-2)17(22)21(25)27-3/h4-6,8,10,12,15,18-19,23H,7,9H2,1-3H3. The Morgan fingerprint density at radius 1 is 1.21 bits per heavy atom. The molecule has 4 heterocycles. The monoisotopic (exact) mass is 397 g/mol. The summed E-state index contributed by atoms with van der Waals surface area (Å²) < 4.78 is 22.4. The second-order valence-corrected chi connectivity index (χ2v) is 7.92. The van der Waals surface area contributed by atoms with E-state index in [0.29, 0.717) is 6.61 Å². The van der Waals surface area contributed by atoms with E-state index >= 15 is 0 Å². The van der Waals surface area contributed by atoms with Gasteiger partial charge in [0.05, 0.1) is 37.5 Å². The van der Waals surface area contributed by atoms with Crippen LogP contribution in [0.3, 0.4) is 0 Å². The minimum absolute atomic E-state index is 0.0735. The fraction of sp³-hybridized carbons (Fsp3) is 0.455. The largest absolute Gasteiger partial charge is 0.466 e. The quantitative estimate of drug-likeness (QED) is 0.618. The number of hydrogen-bond acceptors (Lipinski definition) is 7. The third kappa shape index (κ3) is 2.44. The molecule has 7 nitrogen and oxygen atoms in total. The Morgan fingerprint density at radius 3 is 2.76 bits per heavy atom. The summed E-state index contributed by atoms with van der Waals surface area (Å²) >= 11 is 0. The molecule has 4 aliphatic rings. The number of fused-ring (bicyclic) bond motifs is 5. The van der Waals surface area contributed by atoms with Gasteiger partial charge in [0, 0.05) is 23.8 Å². The molecule has 1 aromatic rings. The van der Waals surface area contributed by atoms with E-state index in [0.717, 1.165) is 23.2 Å². The highest BCUT2D eigenvalue weighted by molar-refractivity contribution is 6.05. The molecule has 152 valence electrons. The van der Waals surface area contributed by atoms with Crippen molar-refractivity contribution in [1.82, 2.24) is 0 Å². The third-order valence-electron chi connectivity index (χ3n) is 6.43. The molecule has 1 aromatic carbocycles. The molecule has 29 heavy (non-hydrogen) atoms. The van der Waals surface area contributed by atoms with E-state index in [4.69, 9.17) is 18.9 Å². The van der Waals surface area contributed by atoms with Crippen LogP contribution >= 0.6 is 0 Å². The summed E-state index contributed by atoms with van der Waals surface area (Å²) in [5.41, 5.74) is 2.56. The molecule has 5 unspecified atom stereocenters. The maximum absolute atomic E-state index is 12.8. The minimum atomic E-state index is -1.11. The topological polar surface area (TPSA) is 83.1 Å². The van der Waals surface area contributed by atoms with Crippen LogP contribution in [0.25, 0.3) is 0 Å². The van der Waals surface area contributed by atoms with Crippen molar-refractivity contribution >= 4 is 17.6 Å². The van der Waals surface area contributed by atoms with E-state index in [-0.39, 0.29) is 29.2 Å². The molecule has 0 saturated carbocycles. The number of methoxy groups -OCH3 is 2. The van der Waals surface area contributed by atoms with Crippen LogP contribution in [-0.4, -0.2) is 50.5 Å². The minimum Gasteiger partial charge on any atom is -0.466 e. The van der Waals surface area contributed by atoms with Gasteiger partial charge in [0.1, 0.15) is 11.7 Å². The van der Waals surface area contributed by atoms with E-state index in [2.05, 4.69) is 18.3 Å². The number of ether oxygens (including phenoxy) is 4. The number of carbonyl (C=O) groups is 2. The number of hydrogen-bond donors (Lipinski definition) is 1. The van der Waals surface area contributed by atoms with Gasteiger partial charge >= 0.3 is 11.9 Å². The smallest absolute Gasteiger partial charge is 0.337 e. The zero-order valence-electron chi connectivity index (χ0n) is 16.6. The Labute approximate surface area is 168 Å². The van der Waals surface area contributed by atoms with Crippen molar-refractivity contribution in [2.75, 3.05) is 26.1 Å². The van der Waals surface area contributed by atoms with Gasteiger partial charge in [-0.15, -0.1) is 0 Å². The highest BCUT2D eigenvalue weighted by atomic mass is 16.6. The zero-order chi connectivity index (χ0) is 20.3. The van der Waals surface area contributed by atoms with E-state index in [1.54, 1.807) is 0 Å². The number of anilines is 1. The van der Waals surface area contributed by atoms with Crippen LogP contribution < -0.4 is 5.32 Å². The molecule has 0 aliphatic carbocycles. The SMILES string of the molecule is COC(=O)C1=C(C(=O)OC)C2(C3Nc4ccc(C)cc4C4OCCC43)C=CC1O2. The van der Waals surface area contributed by atoms with Crippen molar-refractivity contribution in [1.29, 1.82) is 0 Å². The van der Waals surface area contributed by atoms with Crippen LogP contribution in [0.5, 0.6) is 0 Å². The van der Waals surface area contributed by atoms with E-state index in [1.807, 2.05) is 24.3 Å². The lowest BCUT2D eigenvalue weighted by molar-refractivity contribution is -0.139. The molecular formula is C22H23NO6. The number of aryl methyl sites for hydroxylation is 1. The van der Waals surface area contributed by atoms with Gasteiger partial charge in [0.15, 0.2) is 0 Å². The maximum Gasteiger partial charge on any atom is 0.337 e. The summed E-state index contributed by atoms with van der Waals surface area (Å²) in [4.78, 5) is 25.3. The maximum atomic E-state index is 12.8. The van der Waals surface area contributed by atoms with Crippen molar-refractivity contribution in [2.45, 2.75) is 37.2 Å². The first-order chi connectivity index (χ1) is 14.0. The molecule has 5 rings (SSSR count). The van der Waals surface area contributed by atoms with Crippen LogP contribution in [-0.2, 0) is 28.5 Å². The van der Waals surface area contributed by atoms with Crippen molar-refractivity contribution in [3.63, 3.8) is 0 Å². The molecule has 0 spiro atoms. The first kappa shape index (κ1) is 18.4. The Kier molecular flexibility index (Phi) is 4.08. The average Bonchev–Trinajstić information content (AvgIpc) is 3.45. The Balaban J connectivity index is 1.65. The van der Waals surface area contributed by atoms with Gasteiger partial charge in [-0.1, -0.05) is 23.8 Å². The predicted molar refractivity (Wildman–Crippen MR) is 103 cm³/mol. The van der Waals surface area contributed by atoms with Crippen LogP contribution in [0.1, 0.15) is 23.7 Å². The number of rotatable bonds is 3. The fourth-order valence-corrected chi connectivity index (χ4v) is 5.22. The summed E-state index contributed by atoms with van der Waals surface area (Å²) in [6, 6.07) is 5.91. The first-order valence-electron chi connectivity index (χ1n) is 9.77. The Morgan fingerprint density at radius 2 is 2.00 bits per heavy atom. The van der Waals surface area contributed by atoms with Crippen molar-refractivity contribution in [2.24, 2.45) is 5.92 Å². The van der Waals surface area contributed by atoms with Gasteiger partial charge < -0.3 is 24.3 Å². The van der Waals surface area contributed by atoms with Gasteiger partial charge in [-0.25, -0.2) is 9.59 Å². The molecule has 1 N–H and O–H groups in total. The second kappa shape index (κ2) is 6.43. The van der Waals surface area contributed by atoms with Crippen molar-refractivity contribution < 1.29 is 28.5 Å².